The Morgan fingerprint density at radius 1 is 1.22 bits per heavy atom. The molecule has 3 rings (SSSR count). The Balaban J connectivity index is 1.57. The molecule has 2 aromatic carbocycles. The van der Waals surface area contributed by atoms with Crippen LogP contribution in [0.25, 0.3) is 0 Å². The molecule has 0 saturated carbocycles. The standard InChI is InChI=1S/C21H23N3O3/c1-3-15-4-6-16(7-5-15)13-22-23-21(26)17-12-20(25)24(14-17)18-8-10-19(27-2)11-9-18/h4-11,13,17H,3,12,14H2,1-2H3,(H,23,26)/t17-/m0/s1. The number of rotatable bonds is 6. The number of aryl methyl sites for hydroxylation is 1. The molecule has 1 heterocycles. The van der Waals surface area contributed by atoms with E-state index in [9.17, 15) is 9.59 Å². The maximum atomic E-state index is 12.3. The zero-order chi connectivity index (χ0) is 19.2. The Morgan fingerprint density at radius 2 is 1.93 bits per heavy atom. The Labute approximate surface area is 158 Å². The largest absolute Gasteiger partial charge is 0.497 e. The van der Waals surface area contributed by atoms with Crippen molar-refractivity contribution in [3.8, 4) is 5.75 Å². The van der Waals surface area contributed by atoms with Crippen molar-refractivity contribution in [1.29, 1.82) is 0 Å². The Kier molecular flexibility index (Phi) is 5.86. The van der Waals surface area contributed by atoms with Crippen LogP contribution in [0.3, 0.4) is 0 Å². The number of amides is 2. The second-order valence-corrected chi connectivity index (χ2v) is 6.43. The van der Waals surface area contributed by atoms with Gasteiger partial charge in [0.1, 0.15) is 5.75 Å². The third kappa shape index (κ3) is 4.53. The average Bonchev–Trinajstić information content (AvgIpc) is 3.10. The van der Waals surface area contributed by atoms with E-state index < -0.39 is 5.92 Å². The lowest BCUT2D eigenvalue weighted by atomic mass is 10.1. The highest BCUT2D eigenvalue weighted by Gasteiger charge is 2.35. The summed E-state index contributed by atoms with van der Waals surface area (Å²) in [4.78, 5) is 26.2. The summed E-state index contributed by atoms with van der Waals surface area (Å²) in [5.41, 5.74) is 5.47. The van der Waals surface area contributed by atoms with Crippen molar-refractivity contribution in [2.75, 3.05) is 18.6 Å². The zero-order valence-electron chi connectivity index (χ0n) is 15.5. The molecule has 6 nitrogen and oxygen atoms in total. The van der Waals surface area contributed by atoms with Crippen LogP contribution in [0, 0.1) is 5.92 Å². The van der Waals surface area contributed by atoms with Gasteiger partial charge in [0.15, 0.2) is 0 Å². The molecule has 0 aliphatic carbocycles. The van der Waals surface area contributed by atoms with Gasteiger partial charge in [0.25, 0.3) is 0 Å². The van der Waals surface area contributed by atoms with Crippen LogP contribution in [0.15, 0.2) is 53.6 Å². The molecule has 0 bridgehead atoms. The van der Waals surface area contributed by atoms with Gasteiger partial charge in [-0.15, -0.1) is 0 Å². The van der Waals surface area contributed by atoms with E-state index in [4.69, 9.17) is 4.74 Å². The van der Waals surface area contributed by atoms with Crippen molar-refractivity contribution in [3.05, 3.63) is 59.7 Å². The molecule has 27 heavy (non-hydrogen) atoms. The maximum Gasteiger partial charge on any atom is 0.245 e. The third-order valence-electron chi connectivity index (χ3n) is 4.66. The van der Waals surface area contributed by atoms with Crippen LogP contribution in [-0.4, -0.2) is 31.7 Å². The summed E-state index contributed by atoms with van der Waals surface area (Å²) < 4.78 is 5.13. The number of anilines is 1. The molecule has 140 valence electrons. The van der Waals surface area contributed by atoms with E-state index in [0.29, 0.717) is 6.54 Å². The predicted octanol–water partition coefficient (Wildman–Crippen LogP) is 2.76. The highest BCUT2D eigenvalue weighted by Crippen LogP contribution is 2.26. The summed E-state index contributed by atoms with van der Waals surface area (Å²) >= 11 is 0. The van der Waals surface area contributed by atoms with E-state index in [-0.39, 0.29) is 18.2 Å². The molecule has 0 unspecified atom stereocenters. The van der Waals surface area contributed by atoms with Crippen LogP contribution in [0.4, 0.5) is 5.69 Å². The van der Waals surface area contributed by atoms with Gasteiger partial charge in [-0.3, -0.25) is 9.59 Å². The second kappa shape index (κ2) is 8.49. The number of ether oxygens (including phenoxy) is 1. The molecule has 0 radical (unpaired) electrons. The Hall–Kier alpha value is -3.15. The van der Waals surface area contributed by atoms with Crippen LogP contribution in [0.1, 0.15) is 24.5 Å². The first-order valence-electron chi connectivity index (χ1n) is 8.97. The summed E-state index contributed by atoms with van der Waals surface area (Å²) in [5.74, 6) is -0.0135. The molecular formula is C21H23N3O3. The van der Waals surface area contributed by atoms with Crippen molar-refractivity contribution >= 4 is 23.7 Å². The van der Waals surface area contributed by atoms with Gasteiger partial charge in [-0.1, -0.05) is 31.2 Å². The van der Waals surface area contributed by atoms with Crippen LogP contribution >= 0.6 is 0 Å². The van der Waals surface area contributed by atoms with Crippen LogP contribution in [0.2, 0.25) is 0 Å². The van der Waals surface area contributed by atoms with Gasteiger partial charge >= 0.3 is 0 Å². The molecule has 1 aliphatic rings. The van der Waals surface area contributed by atoms with E-state index in [1.54, 1.807) is 30.4 Å². The number of nitrogens with zero attached hydrogens (tertiary/aromatic N) is 2. The van der Waals surface area contributed by atoms with Gasteiger partial charge in [0.2, 0.25) is 11.8 Å². The summed E-state index contributed by atoms with van der Waals surface area (Å²) in [6.45, 7) is 2.44. The first-order valence-corrected chi connectivity index (χ1v) is 8.97. The molecule has 1 saturated heterocycles. The molecule has 0 spiro atoms. The lowest BCUT2D eigenvalue weighted by Crippen LogP contribution is -2.30. The van der Waals surface area contributed by atoms with Gasteiger partial charge in [0.05, 0.1) is 19.2 Å². The van der Waals surface area contributed by atoms with Gasteiger partial charge in [0, 0.05) is 18.7 Å². The van der Waals surface area contributed by atoms with Gasteiger partial charge in [-0.05, 0) is 41.8 Å². The van der Waals surface area contributed by atoms with Crippen LogP contribution in [0.5, 0.6) is 5.75 Å². The minimum absolute atomic E-state index is 0.0700. The summed E-state index contributed by atoms with van der Waals surface area (Å²) in [6, 6.07) is 15.2. The molecule has 1 fully saturated rings. The first-order chi connectivity index (χ1) is 13.1. The van der Waals surface area contributed by atoms with E-state index in [1.807, 2.05) is 36.4 Å². The minimum atomic E-state index is -0.417. The van der Waals surface area contributed by atoms with Crippen molar-refractivity contribution in [3.63, 3.8) is 0 Å². The lowest BCUT2D eigenvalue weighted by molar-refractivity contribution is -0.126. The fourth-order valence-electron chi connectivity index (χ4n) is 3.00. The van der Waals surface area contributed by atoms with Gasteiger partial charge in [-0.25, -0.2) is 5.43 Å². The number of methoxy groups -OCH3 is 1. The number of carbonyl (C=O) groups is 2. The summed E-state index contributed by atoms with van der Waals surface area (Å²) in [6.07, 6.45) is 2.77. The molecule has 2 amide bonds. The summed E-state index contributed by atoms with van der Waals surface area (Å²) in [5, 5.41) is 4.02. The second-order valence-electron chi connectivity index (χ2n) is 6.43. The van der Waals surface area contributed by atoms with Gasteiger partial charge < -0.3 is 9.64 Å². The number of hydrogen-bond donors (Lipinski definition) is 1. The highest BCUT2D eigenvalue weighted by molar-refractivity contribution is 6.00. The first kappa shape index (κ1) is 18.6. The van der Waals surface area contributed by atoms with Crippen molar-refractivity contribution in [1.82, 2.24) is 5.43 Å². The van der Waals surface area contributed by atoms with Crippen molar-refractivity contribution in [2.24, 2.45) is 11.0 Å². The van der Waals surface area contributed by atoms with E-state index in [2.05, 4.69) is 17.5 Å². The SMILES string of the molecule is CCc1ccc(C=NNC(=O)[C@H]2CC(=O)N(c3ccc(OC)cc3)C2)cc1. The van der Waals surface area contributed by atoms with E-state index in [0.717, 1.165) is 23.4 Å². The molecule has 6 heteroatoms. The van der Waals surface area contributed by atoms with E-state index in [1.165, 1.54) is 5.56 Å². The quantitative estimate of drug-likeness (QED) is 0.632. The number of carbonyl (C=O) groups excluding carboxylic acids is 2. The molecule has 1 N–H and O–H groups in total. The van der Waals surface area contributed by atoms with Crippen molar-refractivity contribution < 1.29 is 14.3 Å². The Morgan fingerprint density at radius 3 is 2.56 bits per heavy atom. The lowest BCUT2D eigenvalue weighted by Gasteiger charge is -2.16. The fourth-order valence-corrected chi connectivity index (χ4v) is 3.00. The normalized spacial score (nSPS) is 16.7. The van der Waals surface area contributed by atoms with Crippen molar-refractivity contribution in [2.45, 2.75) is 19.8 Å². The molecule has 1 atom stereocenters. The van der Waals surface area contributed by atoms with Crippen LogP contribution in [-0.2, 0) is 16.0 Å². The fraction of sp³-hybridized carbons (Fsp3) is 0.286. The zero-order valence-corrected chi connectivity index (χ0v) is 15.5. The molecular weight excluding hydrogens is 342 g/mol. The average molecular weight is 365 g/mol. The highest BCUT2D eigenvalue weighted by atomic mass is 16.5. The maximum absolute atomic E-state index is 12.3. The van der Waals surface area contributed by atoms with Gasteiger partial charge in [-0.2, -0.15) is 5.10 Å². The summed E-state index contributed by atoms with van der Waals surface area (Å²) in [7, 11) is 1.59. The molecule has 1 aliphatic heterocycles. The predicted molar refractivity (Wildman–Crippen MR) is 105 cm³/mol. The molecule has 2 aromatic rings. The number of nitrogens with one attached hydrogen (secondary N) is 1. The van der Waals surface area contributed by atoms with E-state index >= 15 is 0 Å². The minimum Gasteiger partial charge on any atom is -0.497 e. The van der Waals surface area contributed by atoms with Crippen LogP contribution < -0.4 is 15.1 Å². The molecule has 0 aromatic heterocycles. The topological polar surface area (TPSA) is 71.0 Å². The number of hydrogen-bond acceptors (Lipinski definition) is 4. The third-order valence-corrected chi connectivity index (χ3v) is 4.66. The number of benzene rings is 2. The monoisotopic (exact) mass is 365 g/mol. The number of hydrazone groups is 1. The Bertz CT molecular complexity index is 829. The smallest absolute Gasteiger partial charge is 0.245 e.